The maximum atomic E-state index is 11.2. The fourth-order valence-electron chi connectivity index (χ4n) is 2.76. The highest BCUT2D eigenvalue weighted by Gasteiger charge is 2.26. The Kier molecular flexibility index (Phi) is 6.16. The fraction of sp³-hybridized carbons (Fsp3) is 0.733. The van der Waals surface area contributed by atoms with Crippen molar-refractivity contribution in [1.29, 1.82) is 0 Å². The average Bonchev–Trinajstić information content (AvgIpc) is 2.87. The van der Waals surface area contributed by atoms with Crippen molar-refractivity contribution in [3.8, 4) is 5.88 Å². The van der Waals surface area contributed by atoms with Gasteiger partial charge in [0.1, 0.15) is 6.10 Å². The van der Waals surface area contributed by atoms with Crippen LogP contribution >= 0.6 is 11.3 Å². The van der Waals surface area contributed by atoms with Crippen molar-refractivity contribution < 1.29 is 19.7 Å². The Morgan fingerprint density at radius 1 is 1.45 bits per heavy atom. The van der Waals surface area contributed by atoms with Gasteiger partial charge in [-0.15, -0.1) is 11.3 Å². The van der Waals surface area contributed by atoms with Gasteiger partial charge in [-0.1, -0.05) is 6.92 Å². The fourth-order valence-corrected chi connectivity index (χ4v) is 3.45. The lowest BCUT2D eigenvalue weighted by molar-refractivity contribution is 0.0688. The first-order valence-corrected chi connectivity index (χ1v) is 8.59. The van der Waals surface area contributed by atoms with Crippen LogP contribution in [-0.2, 0) is 0 Å². The molecule has 1 aromatic rings. The van der Waals surface area contributed by atoms with Gasteiger partial charge in [-0.25, -0.2) is 9.78 Å². The second-order valence-corrected chi connectivity index (χ2v) is 6.92. The number of hydrogen-bond donors (Lipinski definition) is 3. The number of aromatic nitrogens is 1. The van der Waals surface area contributed by atoms with Crippen LogP contribution in [0.15, 0.2) is 0 Å². The van der Waals surface area contributed by atoms with Gasteiger partial charge in [-0.3, -0.25) is 0 Å². The van der Waals surface area contributed by atoms with Crippen LogP contribution in [0.2, 0.25) is 0 Å². The predicted octanol–water partition coefficient (Wildman–Crippen LogP) is 2.20. The maximum Gasteiger partial charge on any atom is 0.351 e. The summed E-state index contributed by atoms with van der Waals surface area (Å²) in [5.41, 5.74) is 0. The molecule has 0 bridgehead atoms. The number of carboxylic acid groups (broad SMARTS) is 1. The van der Waals surface area contributed by atoms with Gasteiger partial charge in [0.25, 0.3) is 0 Å². The molecule has 1 heterocycles. The van der Waals surface area contributed by atoms with Gasteiger partial charge in [0.2, 0.25) is 5.88 Å². The number of carbonyl (C=O) groups is 1. The Hall–Kier alpha value is -1.18. The molecule has 1 aliphatic rings. The molecule has 0 saturated heterocycles. The summed E-state index contributed by atoms with van der Waals surface area (Å²) < 4.78 is 5.82. The molecule has 22 heavy (non-hydrogen) atoms. The van der Waals surface area contributed by atoms with Gasteiger partial charge < -0.3 is 20.3 Å². The molecule has 2 rings (SSSR count). The van der Waals surface area contributed by atoms with Crippen LogP contribution in [0, 0.1) is 6.92 Å². The smallest absolute Gasteiger partial charge is 0.351 e. The van der Waals surface area contributed by atoms with E-state index in [4.69, 9.17) is 9.84 Å². The normalized spacial score (nSPS) is 23.2. The number of carboxylic acids is 1. The third kappa shape index (κ3) is 4.41. The Balaban J connectivity index is 1.86. The molecule has 1 aromatic heterocycles. The molecular formula is C15H24N2O4S. The monoisotopic (exact) mass is 328 g/mol. The van der Waals surface area contributed by atoms with Crippen LogP contribution < -0.4 is 10.1 Å². The van der Waals surface area contributed by atoms with Gasteiger partial charge in [-0.05, 0) is 39.0 Å². The highest BCUT2D eigenvalue weighted by Crippen LogP contribution is 2.29. The summed E-state index contributed by atoms with van der Waals surface area (Å²) in [4.78, 5) is 15.5. The Bertz CT molecular complexity index is 494. The summed E-state index contributed by atoms with van der Waals surface area (Å²) in [6.07, 6.45) is 4.60. The Morgan fingerprint density at radius 3 is 2.68 bits per heavy atom. The third-order valence-corrected chi connectivity index (χ3v) is 4.97. The number of aromatic carboxylic acids is 1. The quantitative estimate of drug-likeness (QED) is 0.711. The van der Waals surface area contributed by atoms with E-state index in [1.54, 1.807) is 6.92 Å². The van der Waals surface area contributed by atoms with E-state index in [2.05, 4.69) is 17.2 Å². The first kappa shape index (κ1) is 17.2. The number of aliphatic hydroxyl groups is 1. The third-order valence-electron chi connectivity index (χ3n) is 4.03. The number of thiazole rings is 1. The number of aryl methyl sites for hydroxylation is 1. The summed E-state index contributed by atoms with van der Waals surface area (Å²) in [7, 11) is 0. The van der Waals surface area contributed by atoms with Crippen molar-refractivity contribution in [3.05, 3.63) is 9.88 Å². The molecule has 0 aliphatic heterocycles. The number of hydrogen-bond acceptors (Lipinski definition) is 6. The van der Waals surface area contributed by atoms with Gasteiger partial charge in [0.05, 0.1) is 11.6 Å². The van der Waals surface area contributed by atoms with Crippen LogP contribution in [0.4, 0.5) is 0 Å². The van der Waals surface area contributed by atoms with E-state index in [-0.39, 0.29) is 29.5 Å². The molecular weight excluding hydrogens is 304 g/mol. The second-order valence-electron chi connectivity index (χ2n) is 5.72. The van der Waals surface area contributed by atoms with Crippen molar-refractivity contribution in [2.75, 3.05) is 6.61 Å². The molecule has 0 aromatic carbocycles. The molecule has 1 saturated carbocycles. The lowest BCUT2D eigenvalue weighted by Gasteiger charge is -2.31. The molecule has 7 heteroatoms. The van der Waals surface area contributed by atoms with Gasteiger partial charge in [-0.2, -0.15) is 0 Å². The zero-order valence-corrected chi connectivity index (χ0v) is 13.9. The van der Waals surface area contributed by atoms with Crippen molar-refractivity contribution >= 4 is 17.3 Å². The highest BCUT2D eigenvalue weighted by atomic mass is 32.1. The van der Waals surface area contributed by atoms with Gasteiger partial charge >= 0.3 is 5.97 Å². The number of nitrogens with zero attached hydrogens (tertiary/aromatic N) is 1. The standard InChI is InChI=1S/C15H24N2O4S/c1-3-10(8-18)17-11-4-6-12(7-5-11)21-14-13(15(19)20)22-9(2)16-14/h10-12,17-18H,3-8H2,1-2H3,(H,19,20)/t10-,11?,12?/m1/s1. The first-order valence-electron chi connectivity index (χ1n) is 7.77. The van der Waals surface area contributed by atoms with E-state index in [0.29, 0.717) is 11.0 Å². The van der Waals surface area contributed by atoms with Crippen molar-refractivity contribution in [2.45, 2.75) is 64.1 Å². The highest BCUT2D eigenvalue weighted by molar-refractivity contribution is 7.13. The Morgan fingerprint density at radius 2 is 2.14 bits per heavy atom. The summed E-state index contributed by atoms with van der Waals surface area (Å²) in [5, 5.41) is 22.6. The van der Waals surface area contributed by atoms with E-state index in [1.807, 2.05) is 0 Å². The van der Waals surface area contributed by atoms with Crippen LogP contribution in [0.25, 0.3) is 0 Å². The zero-order valence-electron chi connectivity index (χ0n) is 13.0. The SMILES string of the molecule is CC[C@H](CO)NC1CCC(Oc2nc(C)sc2C(=O)O)CC1. The van der Waals surface area contributed by atoms with Gasteiger partial charge in [0, 0.05) is 12.1 Å². The van der Waals surface area contributed by atoms with Crippen LogP contribution in [0.1, 0.15) is 53.7 Å². The molecule has 0 radical (unpaired) electrons. The summed E-state index contributed by atoms with van der Waals surface area (Å²) in [5.74, 6) is -0.724. The largest absolute Gasteiger partial charge is 0.477 e. The molecule has 0 unspecified atom stereocenters. The minimum absolute atomic E-state index is 0.0202. The minimum Gasteiger partial charge on any atom is -0.477 e. The molecule has 1 aliphatic carbocycles. The molecule has 6 nitrogen and oxygen atoms in total. The number of nitrogens with one attached hydrogen (secondary N) is 1. The molecule has 124 valence electrons. The van der Waals surface area contributed by atoms with Crippen molar-refractivity contribution in [3.63, 3.8) is 0 Å². The molecule has 0 amide bonds. The first-order chi connectivity index (χ1) is 10.5. The lowest BCUT2D eigenvalue weighted by Crippen LogP contribution is -2.43. The van der Waals surface area contributed by atoms with E-state index >= 15 is 0 Å². The molecule has 3 N–H and O–H groups in total. The van der Waals surface area contributed by atoms with Crippen LogP contribution in [0.3, 0.4) is 0 Å². The van der Waals surface area contributed by atoms with Crippen molar-refractivity contribution in [2.24, 2.45) is 0 Å². The number of aliphatic hydroxyl groups excluding tert-OH is 1. The minimum atomic E-state index is -0.982. The molecule has 1 fully saturated rings. The second kappa shape index (κ2) is 7.89. The maximum absolute atomic E-state index is 11.2. The van der Waals surface area contributed by atoms with E-state index in [1.165, 1.54) is 0 Å². The van der Waals surface area contributed by atoms with E-state index in [9.17, 15) is 9.90 Å². The summed E-state index contributed by atoms with van der Waals surface area (Å²) in [6.45, 7) is 4.00. The molecule has 1 atom stereocenters. The summed E-state index contributed by atoms with van der Waals surface area (Å²) >= 11 is 1.15. The average molecular weight is 328 g/mol. The van der Waals surface area contributed by atoms with Crippen molar-refractivity contribution in [1.82, 2.24) is 10.3 Å². The Labute approximate surface area is 134 Å². The van der Waals surface area contributed by atoms with E-state index < -0.39 is 5.97 Å². The topological polar surface area (TPSA) is 91.7 Å². The number of ether oxygens (including phenoxy) is 1. The predicted molar refractivity (Wildman–Crippen MR) is 84.8 cm³/mol. The summed E-state index contributed by atoms with van der Waals surface area (Å²) in [6, 6.07) is 0.551. The molecule has 0 spiro atoms. The van der Waals surface area contributed by atoms with Gasteiger partial charge in [0.15, 0.2) is 4.88 Å². The van der Waals surface area contributed by atoms with Crippen LogP contribution in [0.5, 0.6) is 5.88 Å². The number of rotatable bonds is 7. The zero-order chi connectivity index (χ0) is 16.1. The van der Waals surface area contributed by atoms with Crippen LogP contribution in [-0.4, -0.2) is 46.0 Å². The lowest BCUT2D eigenvalue weighted by atomic mass is 9.92. The van der Waals surface area contributed by atoms with E-state index in [0.717, 1.165) is 43.4 Å².